The van der Waals surface area contributed by atoms with Gasteiger partial charge in [-0.25, -0.2) is 0 Å². The molecule has 0 saturated carbocycles. The van der Waals surface area contributed by atoms with Crippen LogP contribution < -0.4 is 9.57 Å². The van der Waals surface area contributed by atoms with E-state index in [4.69, 9.17) is 0 Å². The Morgan fingerprint density at radius 2 is 1.20 bits per heavy atom. The van der Waals surface area contributed by atoms with Gasteiger partial charge in [0.25, 0.3) is 6.21 Å². The van der Waals surface area contributed by atoms with Crippen LogP contribution >= 0.6 is 0 Å². The van der Waals surface area contributed by atoms with E-state index in [1.165, 1.54) is 16.8 Å². The van der Waals surface area contributed by atoms with Gasteiger partial charge in [0.15, 0.2) is 0 Å². The van der Waals surface area contributed by atoms with E-state index in [0.717, 1.165) is 22.3 Å². The Labute approximate surface area is 178 Å². The van der Waals surface area contributed by atoms with Gasteiger partial charge in [-0.3, -0.25) is 0 Å². The second kappa shape index (κ2) is 9.09. The van der Waals surface area contributed by atoms with E-state index >= 15 is 0 Å². The second-order valence-corrected chi connectivity index (χ2v) is 7.31. The fraction of sp³-hybridized carbons (Fsp3) is 0.0714. The molecule has 0 saturated heterocycles. The van der Waals surface area contributed by atoms with E-state index in [1.54, 1.807) is 0 Å². The van der Waals surface area contributed by atoms with E-state index in [9.17, 15) is 0 Å². The van der Waals surface area contributed by atoms with Crippen LogP contribution in [0.15, 0.2) is 103 Å². The zero-order valence-corrected chi connectivity index (χ0v) is 17.3. The first kappa shape index (κ1) is 19.4. The molecule has 0 amide bonds. The minimum Gasteiger partial charge on any atom is -0.378 e. The highest BCUT2D eigenvalue weighted by atomic mass is 15.1. The van der Waals surface area contributed by atoms with Gasteiger partial charge in [-0.15, -0.1) is 24.3 Å². The smallest absolute Gasteiger partial charge is 0.290 e. The highest BCUT2D eigenvalue weighted by Crippen LogP contribution is 2.31. The number of rotatable bonds is 5. The molecule has 2 nitrogen and oxygen atoms in total. The topological polar surface area (TPSA) is 17.3 Å². The van der Waals surface area contributed by atoms with Crippen molar-refractivity contribution in [2.75, 3.05) is 19.0 Å². The minimum atomic E-state index is 0.961. The summed E-state index contributed by atoms with van der Waals surface area (Å²) >= 11 is 0. The van der Waals surface area contributed by atoms with Crippen molar-refractivity contribution in [2.45, 2.75) is 0 Å². The maximum Gasteiger partial charge on any atom is 0.290 e. The maximum atomic E-state index is 4.55. The Morgan fingerprint density at radius 1 is 0.633 bits per heavy atom. The fourth-order valence-electron chi connectivity index (χ4n) is 3.45. The van der Waals surface area contributed by atoms with Crippen molar-refractivity contribution in [2.24, 2.45) is 0 Å². The summed E-state index contributed by atoms with van der Waals surface area (Å²) in [5.74, 6) is 0. The minimum absolute atomic E-state index is 0.961. The molecule has 0 unspecified atom stereocenters. The molecule has 146 valence electrons. The summed E-state index contributed by atoms with van der Waals surface area (Å²) in [6, 6.07) is 35.5. The lowest BCUT2D eigenvalue weighted by molar-refractivity contribution is 1.13. The molecule has 0 spiro atoms. The van der Waals surface area contributed by atoms with E-state index in [0.29, 0.717) is 0 Å². The highest BCUT2D eigenvalue weighted by molar-refractivity contribution is 5.99. The number of anilines is 1. The van der Waals surface area contributed by atoms with E-state index in [-0.39, 0.29) is 0 Å². The van der Waals surface area contributed by atoms with Gasteiger partial charge in [0, 0.05) is 25.3 Å². The Kier molecular flexibility index (Phi) is 5.89. The normalized spacial score (nSPS) is 10.2. The van der Waals surface area contributed by atoms with Crippen LogP contribution in [-0.2, 0) is 0 Å². The van der Waals surface area contributed by atoms with Gasteiger partial charge in [0.05, 0.1) is 0 Å². The van der Waals surface area contributed by atoms with Crippen LogP contribution in [0.3, 0.4) is 0 Å². The summed E-state index contributed by atoms with van der Waals surface area (Å²) in [5.41, 5.74) is 7.88. The Bertz CT molecular complexity index is 1170. The SMILES string of the molecule is CN(C)c1ccc(-c2cccc(-c3ccccc3)c2C=[N+]=[C-]c2ccccc2)cc1. The molecule has 4 aromatic rings. The molecular formula is C28H24N2. The summed E-state index contributed by atoms with van der Waals surface area (Å²) in [6.45, 7) is 0. The van der Waals surface area contributed by atoms with Crippen LogP contribution in [0.5, 0.6) is 0 Å². The monoisotopic (exact) mass is 388 g/mol. The lowest BCUT2D eigenvalue weighted by Gasteiger charge is -2.14. The van der Waals surface area contributed by atoms with Gasteiger partial charge in [-0.1, -0.05) is 72.3 Å². The van der Waals surface area contributed by atoms with Crippen LogP contribution in [0.1, 0.15) is 11.1 Å². The zero-order chi connectivity index (χ0) is 20.8. The van der Waals surface area contributed by atoms with Gasteiger partial charge in [0.1, 0.15) is 0 Å². The second-order valence-electron chi connectivity index (χ2n) is 7.31. The van der Waals surface area contributed by atoms with Crippen LogP contribution in [0.25, 0.3) is 22.3 Å². The lowest BCUT2D eigenvalue weighted by atomic mass is 9.92. The van der Waals surface area contributed by atoms with E-state index in [2.05, 4.69) is 96.6 Å². The molecule has 30 heavy (non-hydrogen) atoms. The number of hydrogen-bond donors (Lipinski definition) is 0. The van der Waals surface area contributed by atoms with Gasteiger partial charge in [0.2, 0.25) is 6.21 Å². The number of benzene rings is 4. The Morgan fingerprint density at radius 3 is 1.80 bits per heavy atom. The molecular weight excluding hydrogens is 364 g/mol. The van der Waals surface area contributed by atoms with Crippen molar-refractivity contribution in [3.8, 4) is 22.3 Å². The predicted octanol–water partition coefficient (Wildman–Crippen LogP) is 5.57. The van der Waals surface area contributed by atoms with Crippen LogP contribution in [-0.4, -0.2) is 26.5 Å². The highest BCUT2D eigenvalue weighted by Gasteiger charge is 2.12. The first-order chi connectivity index (χ1) is 14.7. The average Bonchev–Trinajstić information content (AvgIpc) is 2.80. The molecule has 0 aliphatic carbocycles. The van der Waals surface area contributed by atoms with Gasteiger partial charge >= 0.3 is 0 Å². The standard InChI is InChI=1S/C28H24N2/c1-30(2)25-18-16-24(17-19-25)27-15-9-14-26(23-12-7-4-8-13-23)28(27)21-29-20-22-10-5-3-6-11-22/h3-19,21H,1-2H3. The van der Waals surface area contributed by atoms with Crippen molar-refractivity contribution in [3.63, 3.8) is 0 Å². The quantitative estimate of drug-likeness (QED) is 0.248. The lowest BCUT2D eigenvalue weighted by Crippen LogP contribution is -2.08. The molecule has 4 rings (SSSR count). The third-order valence-electron chi connectivity index (χ3n) is 5.05. The molecule has 0 N–H and O–H groups in total. The first-order valence-corrected chi connectivity index (χ1v) is 10.0. The van der Waals surface area contributed by atoms with Gasteiger partial charge < -0.3 is 4.90 Å². The molecule has 0 aromatic heterocycles. The largest absolute Gasteiger partial charge is 0.378 e. The molecule has 0 atom stereocenters. The Balaban J connectivity index is 1.84. The van der Waals surface area contributed by atoms with Crippen molar-refractivity contribution in [3.05, 3.63) is 114 Å². The van der Waals surface area contributed by atoms with Crippen molar-refractivity contribution < 1.29 is 0 Å². The van der Waals surface area contributed by atoms with Crippen molar-refractivity contribution >= 4 is 18.1 Å². The molecule has 4 aromatic carbocycles. The first-order valence-electron chi connectivity index (χ1n) is 10.0. The van der Waals surface area contributed by atoms with Crippen LogP contribution in [0.4, 0.5) is 5.69 Å². The summed E-state index contributed by atoms with van der Waals surface area (Å²) in [5, 5.41) is 0. The molecule has 0 radical (unpaired) electrons. The third kappa shape index (κ3) is 4.41. The fourth-order valence-corrected chi connectivity index (χ4v) is 3.45. The molecule has 0 fully saturated rings. The third-order valence-corrected chi connectivity index (χ3v) is 5.05. The predicted molar refractivity (Wildman–Crippen MR) is 129 cm³/mol. The van der Waals surface area contributed by atoms with Crippen molar-refractivity contribution in [1.29, 1.82) is 0 Å². The average molecular weight is 389 g/mol. The molecule has 2 heteroatoms. The zero-order valence-electron chi connectivity index (χ0n) is 17.3. The van der Waals surface area contributed by atoms with Gasteiger partial charge in [-0.2, -0.15) is 4.67 Å². The summed E-state index contributed by atoms with van der Waals surface area (Å²) in [6.07, 6.45) is 5.06. The maximum absolute atomic E-state index is 4.55. The van der Waals surface area contributed by atoms with Crippen LogP contribution in [0.2, 0.25) is 0 Å². The summed E-state index contributed by atoms with van der Waals surface area (Å²) < 4.78 is 4.55. The Hall–Kier alpha value is -3.87. The number of nitrogens with zero attached hydrogens (tertiary/aromatic N) is 2. The van der Waals surface area contributed by atoms with Crippen molar-refractivity contribution in [1.82, 2.24) is 4.67 Å². The van der Waals surface area contributed by atoms with E-state index < -0.39 is 0 Å². The summed E-state index contributed by atoms with van der Waals surface area (Å²) in [7, 11) is 4.11. The molecule has 0 aliphatic heterocycles. The van der Waals surface area contributed by atoms with Crippen LogP contribution in [0, 0.1) is 0 Å². The number of hydrogen-bond acceptors (Lipinski definition) is 1. The summed E-state index contributed by atoms with van der Waals surface area (Å²) in [4.78, 5) is 2.11. The molecule has 0 bridgehead atoms. The molecule has 0 heterocycles. The molecule has 0 aliphatic rings. The van der Waals surface area contributed by atoms with Gasteiger partial charge in [-0.05, 0) is 34.4 Å². The van der Waals surface area contributed by atoms with E-state index in [1.807, 2.05) is 42.6 Å².